The molecule has 0 aliphatic heterocycles. The number of amides is 1. The number of hydrogen-bond donors (Lipinski definition) is 0. The molecule has 1 amide bonds. The Morgan fingerprint density at radius 3 is 2.33 bits per heavy atom. The molecule has 30 heavy (non-hydrogen) atoms. The number of hydrogen-bond acceptors (Lipinski definition) is 6. The predicted molar refractivity (Wildman–Crippen MR) is 114 cm³/mol. The van der Waals surface area contributed by atoms with Gasteiger partial charge in [0, 0.05) is 14.1 Å². The van der Waals surface area contributed by atoms with Crippen molar-refractivity contribution in [3.63, 3.8) is 0 Å². The molecule has 0 bridgehead atoms. The summed E-state index contributed by atoms with van der Waals surface area (Å²) in [5, 5.41) is 9.47. The average molecular weight is 429 g/mol. The van der Waals surface area contributed by atoms with Crippen molar-refractivity contribution in [2.75, 3.05) is 27.3 Å². The van der Waals surface area contributed by atoms with E-state index in [1.54, 1.807) is 57.4 Å². The van der Waals surface area contributed by atoms with E-state index >= 15 is 0 Å². The van der Waals surface area contributed by atoms with Crippen molar-refractivity contribution >= 4 is 21.8 Å². The average Bonchev–Trinajstić information content (AvgIpc) is 2.71. The summed E-state index contributed by atoms with van der Waals surface area (Å²) in [5.41, 5.74) is 1.37. The molecule has 0 saturated heterocycles. The molecule has 0 aromatic heterocycles. The molecule has 0 spiro atoms. The molecule has 2 rings (SSSR count). The third kappa shape index (κ3) is 5.61. The molecule has 0 radical (unpaired) electrons. The monoisotopic (exact) mass is 428 g/mol. The van der Waals surface area contributed by atoms with E-state index in [2.05, 4.69) is 0 Å². The quantitative estimate of drug-likeness (QED) is 0.599. The van der Waals surface area contributed by atoms with Crippen LogP contribution in [0.4, 0.5) is 0 Å². The van der Waals surface area contributed by atoms with Crippen molar-refractivity contribution in [2.45, 2.75) is 18.7 Å². The van der Waals surface area contributed by atoms with Crippen molar-refractivity contribution in [1.29, 1.82) is 5.26 Å². The molecule has 2 aromatic rings. The number of ether oxygens (including phenoxy) is 2. The molecule has 0 saturated carbocycles. The first-order chi connectivity index (χ1) is 14.2. The van der Waals surface area contributed by atoms with E-state index in [0.717, 1.165) is 5.56 Å². The third-order valence-corrected chi connectivity index (χ3v) is 5.83. The van der Waals surface area contributed by atoms with E-state index in [1.165, 1.54) is 23.1 Å². The lowest BCUT2D eigenvalue weighted by molar-refractivity contribution is -0.130. The van der Waals surface area contributed by atoms with Gasteiger partial charge in [0.25, 0.3) is 5.91 Å². The Hall–Kier alpha value is -3.31. The van der Waals surface area contributed by atoms with Gasteiger partial charge in [-0.2, -0.15) is 5.26 Å². The van der Waals surface area contributed by atoms with Gasteiger partial charge in [0.1, 0.15) is 11.0 Å². The normalized spacial score (nSPS) is 11.5. The Morgan fingerprint density at radius 2 is 1.77 bits per heavy atom. The lowest BCUT2D eigenvalue weighted by Gasteiger charge is -2.14. The molecule has 0 heterocycles. The van der Waals surface area contributed by atoms with Crippen LogP contribution in [0, 0.1) is 18.3 Å². The molecule has 2 aromatic carbocycles. The van der Waals surface area contributed by atoms with Crippen LogP contribution in [0.15, 0.2) is 52.3 Å². The zero-order valence-corrected chi connectivity index (χ0v) is 18.2. The fraction of sp³-hybridized carbons (Fsp3) is 0.273. The van der Waals surface area contributed by atoms with Gasteiger partial charge < -0.3 is 14.4 Å². The zero-order chi connectivity index (χ0) is 22.3. The Kier molecular flexibility index (Phi) is 7.61. The highest BCUT2D eigenvalue weighted by atomic mass is 32.2. The second-order valence-electron chi connectivity index (χ2n) is 6.65. The van der Waals surface area contributed by atoms with Crippen LogP contribution in [0.25, 0.3) is 6.08 Å². The molecule has 0 N–H and O–H groups in total. The summed E-state index contributed by atoms with van der Waals surface area (Å²) in [6.45, 7) is 3.83. The second-order valence-corrected chi connectivity index (χ2v) is 8.57. The number of allylic oxidation sites excluding steroid dienone is 1. The molecular weight excluding hydrogens is 404 g/mol. The second kappa shape index (κ2) is 9.94. The van der Waals surface area contributed by atoms with Crippen molar-refractivity contribution in [3.05, 3.63) is 58.5 Å². The fourth-order valence-corrected chi connectivity index (χ4v) is 3.60. The van der Waals surface area contributed by atoms with Gasteiger partial charge in [0.05, 0.1) is 11.5 Å². The molecule has 0 aliphatic rings. The van der Waals surface area contributed by atoms with E-state index in [4.69, 9.17) is 9.47 Å². The minimum absolute atomic E-state index is 0.0492. The molecule has 158 valence electrons. The predicted octanol–water partition coefficient (Wildman–Crippen LogP) is 3.20. The Morgan fingerprint density at radius 1 is 1.10 bits per heavy atom. The van der Waals surface area contributed by atoms with Gasteiger partial charge in [0.15, 0.2) is 18.1 Å². The highest BCUT2D eigenvalue weighted by Crippen LogP contribution is 2.30. The van der Waals surface area contributed by atoms with Crippen molar-refractivity contribution in [2.24, 2.45) is 0 Å². The lowest BCUT2D eigenvalue weighted by atomic mass is 10.2. The van der Waals surface area contributed by atoms with Gasteiger partial charge in [-0.15, -0.1) is 0 Å². The van der Waals surface area contributed by atoms with Crippen LogP contribution in [-0.2, 0) is 14.6 Å². The minimum atomic E-state index is -3.95. The number of aryl methyl sites for hydroxylation is 1. The standard InChI is InChI=1S/C22H24N2O5S/c1-5-28-21-13-17(8-11-20(21)29-15-22(25)24(3)4)12-19(14-23)30(26,27)18-9-6-16(2)7-10-18/h6-13H,5,15H2,1-4H3/b19-12+. The fourth-order valence-electron chi connectivity index (χ4n) is 2.44. The van der Waals surface area contributed by atoms with Crippen LogP contribution < -0.4 is 9.47 Å². The number of rotatable bonds is 8. The Bertz CT molecular complexity index is 1080. The summed E-state index contributed by atoms with van der Waals surface area (Å²) >= 11 is 0. The smallest absolute Gasteiger partial charge is 0.259 e. The number of likely N-dealkylation sites (N-methyl/N-ethyl adjacent to an activating group) is 1. The van der Waals surface area contributed by atoms with E-state index in [9.17, 15) is 18.5 Å². The third-order valence-electron chi connectivity index (χ3n) is 4.15. The van der Waals surface area contributed by atoms with Gasteiger partial charge in [-0.1, -0.05) is 23.8 Å². The maximum atomic E-state index is 12.8. The number of sulfone groups is 1. The maximum Gasteiger partial charge on any atom is 0.259 e. The Labute approximate surface area is 177 Å². The molecule has 8 heteroatoms. The van der Waals surface area contributed by atoms with E-state index < -0.39 is 9.84 Å². The summed E-state index contributed by atoms with van der Waals surface area (Å²) < 4.78 is 36.7. The Balaban J connectivity index is 2.38. The zero-order valence-electron chi connectivity index (χ0n) is 17.4. The number of carbonyl (C=O) groups is 1. The molecule has 0 aliphatic carbocycles. The van der Waals surface area contributed by atoms with Crippen LogP contribution >= 0.6 is 0 Å². The number of benzene rings is 2. The van der Waals surface area contributed by atoms with Crippen LogP contribution in [0.1, 0.15) is 18.1 Å². The SMILES string of the molecule is CCOc1cc(/C=C(\C#N)S(=O)(=O)c2ccc(C)cc2)ccc1OCC(=O)N(C)C. The van der Waals surface area contributed by atoms with Crippen LogP contribution in [-0.4, -0.2) is 46.5 Å². The van der Waals surface area contributed by atoms with Crippen LogP contribution in [0.5, 0.6) is 11.5 Å². The van der Waals surface area contributed by atoms with Gasteiger partial charge in [-0.3, -0.25) is 4.79 Å². The highest BCUT2D eigenvalue weighted by molar-refractivity contribution is 7.95. The van der Waals surface area contributed by atoms with Gasteiger partial charge in [-0.25, -0.2) is 8.42 Å². The number of carbonyl (C=O) groups excluding carboxylic acids is 1. The molecule has 0 fully saturated rings. The summed E-state index contributed by atoms with van der Waals surface area (Å²) in [5.74, 6) is 0.490. The molecule has 0 atom stereocenters. The molecular formula is C22H24N2O5S. The molecule has 7 nitrogen and oxygen atoms in total. The summed E-state index contributed by atoms with van der Waals surface area (Å²) in [6.07, 6.45) is 1.28. The first-order valence-electron chi connectivity index (χ1n) is 9.22. The van der Waals surface area contributed by atoms with E-state index in [1.807, 2.05) is 6.92 Å². The first kappa shape index (κ1) is 23.0. The summed E-state index contributed by atoms with van der Waals surface area (Å²) in [7, 11) is -0.703. The van der Waals surface area contributed by atoms with Gasteiger partial charge in [-0.05, 0) is 49.8 Å². The largest absolute Gasteiger partial charge is 0.490 e. The maximum absolute atomic E-state index is 12.8. The van der Waals surface area contributed by atoms with Crippen molar-refractivity contribution in [3.8, 4) is 17.6 Å². The lowest BCUT2D eigenvalue weighted by Crippen LogP contribution is -2.27. The number of nitriles is 1. The van der Waals surface area contributed by atoms with Crippen molar-refractivity contribution < 1.29 is 22.7 Å². The van der Waals surface area contributed by atoms with Crippen LogP contribution in [0.3, 0.4) is 0 Å². The van der Waals surface area contributed by atoms with E-state index in [0.29, 0.717) is 23.7 Å². The highest BCUT2D eigenvalue weighted by Gasteiger charge is 2.21. The van der Waals surface area contributed by atoms with Crippen LogP contribution in [0.2, 0.25) is 0 Å². The summed E-state index contributed by atoms with van der Waals surface area (Å²) in [4.78, 5) is 12.8. The van der Waals surface area contributed by atoms with Gasteiger partial charge >= 0.3 is 0 Å². The topological polar surface area (TPSA) is 96.7 Å². The van der Waals surface area contributed by atoms with Gasteiger partial charge in [0.2, 0.25) is 9.84 Å². The minimum Gasteiger partial charge on any atom is -0.490 e. The first-order valence-corrected chi connectivity index (χ1v) is 10.7. The molecule has 0 unspecified atom stereocenters. The van der Waals surface area contributed by atoms with Crippen molar-refractivity contribution in [1.82, 2.24) is 4.90 Å². The summed E-state index contributed by atoms with van der Waals surface area (Å²) in [6, 6.07) is 12.8. The number of nitrogens with zero attached hydrogens (tertiary/aromatic N) is 2. The van der Waals surface area contributed by atoms with E-state index in [-0.39, 0.29) is 22.3 Å².